The van der Waals surface area contributed by atoms with Crippen LogP contribution in [0.1, 0.15) is 19.8 Å². The lowest BCUT2D eigenvalue weighted by Crippen LogP contribution is -2.05. The lowest BCUT2D eigenvalue weighted by atomic mass is 10.1. The summed E-state index contributed by atoms with van der Waals surface area (Å²) in [4.78, 5) is 4.46. The first-order valence-electron chi connectivity index (χ1n) is 6.43. The standard InChI is InChI=1S/C15H19BrN2/c1-13(7-9-16)8-11-18-12-10-17-15(18)14-5-3-2-4-6-14/h2-6,10,12-13H,7-9,11H2,1H3. The van der Waals surface area contributed by atoms with Gasteiger partial charge in [0.1, 0.15) is 5.82 Å². The van der Waals surface area contributed by atoms with Crippen LogP contribution in [0, 0.1) is 5.92 Å². The Morgan fingerprint density at radius 2 is 2.00 bits per heavy atom. The van der Waals surface area contributed by atoms with E-state index in [9.17, 15) is 0 Å². The van der Waals surface area contributed by atoms with Gasteiger partial charge in [0.25, 0.3) is 0 Å². The van der Waals surface area contributed by atoms with Crippen molar-refractivity contribution in [1.82, 2.24) is 9.55 Å². The molecule has 0 aliphatic rings. The van der Waals surface area contributed by atoms with Crippen molar-refractivity contribution < 1.29 is 0 Å². The first-order valence-corrected chi connectivity index (χ1v) is 7.56. The number of alkyl halides is 1. The molecule has 0 bridgehead atoms. The Morgan fingerprint density at radius 1 is 1.22 bits per heavy atom. The molecule has 1 heterocycles. The second kappa shape index (κ2) is 6.74. The summed E-state index contributed by atoms with van der Waals surface area (Å²) in [6.07, 6.45) is 6.39. The highest BCUT2D eigenvalue weighted by Gasteiger charge is 2.07. The zero-order valence-electron chi connectivity index (χ0n) is 10.7. The number of imidazole rings is 1. The Bertz CT molecular complexity index is 464. The summed E-state index contributed by atoms with van der Waals surface area (Å²) < 4.78 is 2.25. The van der Waals surface area contributed by atoms with Gasteiger partial charge in [-0.2, -0.15) is 0 Å². The summed E-state index contributed by atoms with van der Waals surface area (Å²) in [6, 6.07) is 10.4. The van der Waals surface area contributed by atoms with Gasteiger partial charge in [0, 0.05) is 29.8 Å². The van der Waals surface area contributed by atoms with Gasteiger partial charge in [-0.05, 0) is 18.8 Å². The molecule has 1 aromatic carbocycles. The van der Waals surface area contributed by atoms with Crippen LogP contribution in [0.15, 0.2) is 42.7 Å². The minimum absolute atomic E-state index is 0.746. The quantitative estimate of drug-likeness (QED) is 0.725. The zero-order chi connectivity index (χ0) is 12.8. The van der Waals surface area contributed by atoms with Crippen molar-refractivity contribution in [2.75, 3.05) is 5.33 Å². The van der Waals surface area contributed by atoms with E-state index in [2.05, 4.69) is 62.9 Å². The van der Waals surface area contributed by atoms with Crippen LogP contribution in [0.25, 0.3) is 11.4 Å². The van der Waals surface area contributed by atoms with Crippen molar-refractivity contribution >= 4 is 15.9 Å². The molecule has 1 atom stereocenters. The summed E-state index contributed by atoms with van der Waals surface area (Å²) in [5.74, 6) is 1.82. The van der Waals surface area contributed by atoms with Crippen LogP contribution in [0.5, 0.6) is 0 Å². The molecule has 0 saturated carbocycles. The molecular formula is C15H19BrN2. The Kier molecular flexibility index (Phi) is 5.00. The van der Waals surface area contributed by atoms with Crippen LogP contribution in [0.3, 0.4) is 0 Å². The Hall–Kier alpha value is -1.09. The van der Waals surface area contributed by atoms with Crippen LogP contribution in [0.4, 0.5) is 0 Å². The molecular weight excluding hydrogens is 288 g/mol. The predicted molar refractivity (Wildman–Crippen MR) is 79.9 cm³/mol. The average Bonchev–Trinajstić information content (AvgIpc) is 2.86. The molecule has 0 aliphatic carbocycles. The van der Waals surface area contributed by atoms with Crippen molar-refractivity contribution in [3.63, 3.8) is 0 Å². The SMILES string of the molecule is CC(CCBr)CCn1ccnc1-c1ccccc1. The number of hydrogen-bond donors (Lipinski definition) is 0. The van der Waals surface area contributed by atoms with Crippen molar-refractivity contribution in [3.8, 4) is 11.4 Å². The first-order chi connectivity index (χ1) is 8.81. The second-order valence-electron chi connectivity index (χ2n) is 4.68. The van der Waals surface area contributed by atoms with E-state index in [0.29, 0.717) is 0 Å². The minimum atomic E-state index is 0.746. The van der Waals surface area contributed by atoms with Crippen LogP contribution in [-0.2, 0) is 6.54 Å². The molecule has 0 radical (unpaired) electrons. The lowest BCUT2D eigenvalue weighted by Gasteiger charge is -2.12. The monoisotopic (exact) mass is 306 g/mol. The molecule has 2 aromatic rings. The maximum absolute atomic E-state index is 4.46. The summed E-state index contributed by atoms with van der Waals surface area (Å²) in [5, 5.41) is 1.09. The largest absolute Gasteiger partial charge is 0.331 e. The number of aromatic nitrogens is 2. The van der Waals surface area contributed by atoms with Crippen molar-refractivity contribution in [2.24, 2.45) is 5.92 Å². The molecule has 0 N–H and O–H groups in total. The van der Waals surface area contributed by atoms with Crippen LogP contribution in [-0.4, -0.2) is 14.9 Å². The number of hydrogen-bond acceptors (Lipinski definition) is 1. The summed E-state index contributed by atoms with van der Waals surface area (Å²) >= 11 is 3.50. The fraction of sp³-hybridized carbons (Fsp3) is 0.400. The lowest BCUT2D eigenvalue weighted by molar-refractivity contribution is 0.474. The molecule has 2 rings (SSSR count). The molecule has 2 nitrogen and oxygen atoms in total. The number of aryl methyl sites for hydroxylation is 1. The van der Waals surface area contributed by atoms with Crippen molar-refractivity contribution in [3.05, 3.63) is 42.7 Å². The third-order valence-electron chi connectivity index (χ3n) is 3.21. The molecule has 0 aliphatic heterocycles. The highest BCUT2D eigenvalue weighted by Crippen LogP contribution is 2.18. The van der Waals surface area contributed by atoms with Gasteiger partial charge in [0.05, 0.1) is 0 Å². The Morgan fingerprint density at radius 3 is 2.72 bits per heavy atom. The summed E-state index contributed by atoms with van der Waals surface area (Å²) in [5.41, 5.74) is 1.19. The van der Waals surface area contributed by atoms with E-state index in [1.54, 1.807) is 0 Å². The van der Waals surface area contributed by atoms with Gasteiger partial charge in [0.2, 0.25) is 0 Å². The Labute approximate surface area is 117 Å². The molecule has 96 valence electrons. The summed E-state index contributed by atoms with van der Waals surface area (Å²) in [6.45, 7) is 3.35. The van der Waals surface area contributed by atoms with Gasteiger partial charge in [-0.15, -0.1) is 0 Å². The molecule has 0 spiro atoms. The fourth-order valence-electron chi connectivity index (χ4n) is 2.03. The second-order valence-corrected chi connectivity index (χ2v) is 5.47. The van der Waals surface area contributed by atoms with E-state index >= 15 is 0 Å². The maximum atomic E-state index is 4.46. The van der Waals surface area contributed by atoms with E-state index in [0.717, 1.165) is 23.6 Å². The van der Waals surface area contributed by atoms with Crippen LogP contribution < -0.4 is 0 Å². The van der Waals surface area contributed by atoms with Gasteiger partial charge in [0.15, 0.2) is 0 Å². The normalized spacial score (nSPS) is 12.6. The number of benzene rings is 1. The van der Waals surface area contributed by atoms with Crippen molar-refractivity contribution in [2.45, 2.75) is 26.3 Å². The van der Waals surface area contributed by atoms with Gasteiger partial charge >= 0.3 is 0 Å². The van der Waals surface area contributed by atoms with E-state index < -0.39 is 0 Å². The van der Waals surface area contributed by atoms with Gasteiger partial charge in [-0.3, -0.25) is 0 Å². The van der Waals surface area contributed by atoms with E-state index in [4.69, 9.17) is 0 Å². The topological polar surface area (TPSA) is 17.8 Å². The van der Waals surface area contributed by atoms with Gasteiger partial charge in [-0.1, -0.05) is 53.2 Å². The van der Waals surface area contributed by atoms with Crippen LogP contribution >= 0.6 is 15.9 Å². The predicted octanol–water partition coefficient (Wildman–Crippen LogP) is 4.36. The van der Waals surface area contributed by atoms with Crippen molar-refractivity contribution in [1.29, 1.82) is 0 Å². The third kappa shape index (κ3) is 3.45. The molecule has 3 heteroatoms. The molecule has 0 fully saturated rings. The highest BCUT2D eigenvalue weighted by molar-refractivity contribution is 9.09. The summed E-state index contributed by atoms with van der Waals surface area (Å²) in [7, 11) is 0. The first kappa shape index (κ1) is 13.3. The number of nitrogens with zero attached hydrogens (tertiary/aromatic N) is 2. The zero-order valence-corrected chi connectivity index (χ0v) is 12.3. The molecule has 1 aromatic heterocycles. The van der Waals surface area contributed by atoms with Gasteiger partial charge < -0.3 is 4.57 Å². The molecule has 1 unspecified atom stereocenters. The smallest absolute Gasteiger partial charge is 0.139 e. The van der Waals surface area contributed by atoms with E-state index in [-0.39, 0.29) is 0 Å². The van der Waals surface area contributed by atoms with Crippen LogP contribution in [0.2, 0.25) is 0 Å². The molecule has 0 amide bonds. The minimum Gasteiger partial charge on any atom is -0.331 e. The molecule has 18 heavy (non-hydrogen) atoms. The van der Waals surface area contributed by atoms with E-state index in [1.165, 1.54) is 18.4 Å². The number of halogens is 1. The molecule has 0 saturated heterocycles. The number of rotatable bonds is 6. The average molecular weight is 307 g/mol. The maximum Gasteiger partial charge on any atom is 0.139 e. The van der Waals surface area contributed by atoms with E-state index in [1.807, 2.05) is 12.3 Å². The third-order valence-corrected chi connectivity index (χ3v) is 3.67. The Balaban J connectivity index is 2.05. The van der Waals surface area contributed by atoms with Gasteiger partial charge in [-0.25, -0.2) is 4.98 Å². The highest BCUT2D eigenvalue weighted by atomic mass is 79.9. The fourth-order valence-corrected chi connectivity index (χ4v) is 2.81.